The van der Waals surface area contributed by atoms with E-state index >= 15 is 0 Å². The van der Waals surface area contributed by atoms with Gasteiger partial charge in [-0.15, -0.1) is 0 Å². The van der Waals surface area contributed by atoms with Crippen LogP contribution in [0.25, 0.3) is 0 Å². The van der Waals surface area contributed by atoms with Gasteiger partial charge in [-0.05, 0) is 43.9 Å². The summed E-state index contributed by atoms with van der Waals surface area (Å²) in [6, 6.07) is 16.1. The number of nitrogens with one attached hydrogen (secondary N) is 1. The Morgan fingerprint density at radius 3 is 2.68 bits per heavy atom. The largest absolute Gasteiger partial charge is 0.436 e. The third kappa shape index (κ3) is 5.20. The van der Waals surface area contributed by atoms with Gasteiger partial charge in [-0.25, -0.2) is 9.97 Å². The quantitative estimate of drug-likeness (QED) is 0.644. The number of carbonyl (C=O) groups excluding carboxylic acids is 1. The molecule has 1 aromatic heterocycles. The first kappa shape index (κ1) is 20.8. The predicted octanol–water partition coefficient (Wildman–Crippen LogP) is 4.42. The lowest BCUT2D eigenvalue weighted by atomic mass is 9.97. The minimum Gasteiger partial charge on any atom is -0.436 e. The summed E-state index contributed by atoms with van der Waals surface area (Å²) in [5.41, 5.74) is 3.35. The number of hydrogen-bond acceptors (Lipinski definition) is 5. The van der Waals surface area contributed by atoms with Gasteiger partial charge in [-0.1, -0.05) is 48.0 Å². The summed E-state index contributed by atoms with van der Waals surface area (Å²) in [5.74, 6) is 1.90. The predicted molar refractivity (Wildman–Crippen MR) is 121 cm³/mol. The van der Waals surface area contributed by atoms with Crippen molar-refractivity contribution in [2.45, 2.75) is 33.2 Å². The van der Waals surface area contributed by atoms with Crippen LogP contribution in [0.2, 0.25) is 0 Å². The van der Waals surface area contributed by atoms with Gasteiger partial charge in [0.05, 0.1) is 5.92 Å². The van der Waals surface area contributed by atoms with E-state index in [0.29, 0.717) is 24.8 Å². The van der Waals surface area contributed by atoms with E-state index in [1.54, 1.807) is 12.4 Å². The zero-order valence-electron chi connectivity index (χ0n) is 18.0. The molecule has 2 aromatic carbocycles. The number of benzene rings is 2. The molecule has 1 fully saturated rings. The zero-order chi connectivity index (χ0) is 21.6. The molecule has 1 N–H and O–H groups in total. The Bertz CT molecular complexity index is 1040. The highest BCUT2D eigenvalue weighted by atomic mass is 16.5. The number of anilines is 1. The molecule has 2 heterocycles. The van der Waals surface area contributed by atoms with Gasteiger partial charge in [0.2, 0.25) is 5.91 Å². The van der Waals surface area contributed by atoms with Crippen LogP contribution in [-0.2, 0) is 11.3 Å². The number of aromatic nitrogens is 2. The van der Waals surface area contributed by atoms with E-state index in [1.165, 1.54) is 5.56 Å². The normalized spacial score (nSPS) is 16.1. The van der Waals surface area contributed by atoms with Gasteiger partial charge in [0, 0.05) is 32.0 Å². The molecule has 6 heteroatoms. The molecule has 1 atom stereocenters. The Morgan fingerprint density at radius 2 is 1.87 bits per heavy atom. The summed E-state index contributed by atoms with van der Waals surface area (Å²) in [5, 5.41) is 3.09. The molecule has 1 amide bonds. The molecular formula is C25H28N4O2. The number of aryl methyl sites for hydroxylation is 2. The Labute approximate surface area is 183 Å². The van der Waals surface area contributed by atoms with Crippen molar-refractivity contribution in [2.75, 3.05) is 18.0 Å². The maximum absolute atomic E-state index is 12.8. The van der Waals surface area contributed by atoms with Gasteiger partial charge in [-0.2, -0.15) is 0 Å². The standard InChI is InChI=1S/C25H28N4O2/c1-18-9-11-20(12-10-18)16-28-24(30)21-7-5-15-29(17-21)23-25(27-14-13-26-23)31-22-8-4-3-6-19(22)2/h3-4,6,8-14,21H,5,7,15-17H2,1-2H3,(H,28,30)/t21-/m1/s1. The zero-order valence-corrected chi connectivity index (χ0v) is 18.0. The second kappa shape index (κ2) is 9.60. The van der Waals surface area contributed by atoms with Crippen molar-refractivity contribution >= 4 is 11.7 Å². The molecule has 1 saturated heterocycles. The van der Waals surface area contributed by atoms with Crippen LogP contribution in [-0.4, -0.2) is 29.0 Å². The molecule has 4 rings (SSSR count). The van der Waals surface area contributed by atoms with Crippen molar-refractivity contribution in [1.82, 2.24) is 15.3 Å². The second-order valence-corrected chi connectivity index (χ2v) is 8.04. The van der Waals surface area contributed by atoms with E-state index in [9.17, 15) is 4.79 Å². The Morgan fingerprint density at radius 1 is 1.10 bits per heavy atom. The number of carbonyl (C=O) groups is 1. The first-order valence-electron chi connectivity index (χ1n) is 10.7. The van der Waals surface area contributed by atoms with Crippen LogP contribution in [0, 0.1) is 19.8 Å². The molecule has 0 radical (unpaired) electrons. The Hall–Kier alpha value is -3.41. The lowest BCUT2D eigenvalue weighted by Crippen LogP contribution is -2.43. The topological polar surface area (TPSA) is 67.4 Å². The molecule has 0 saturated carbocycles. The van der Waals surface area contributed by atoms with E-state index in [0.717, 1.165) is 36.3 Å². The van der Waals surface area contributed by atoms with E-state index in [1.807, 2.05) is 31.2 Å². The van der Waals surface area contributed by atoms with Crippen LogP contribution in [0.5, 0.6) is 11.6 Å². The molecule has 1 aliphatic heterocycles. The third-order valence-electron chi connectivity index (χ3n) is 5.63. The number of ether oxygens (including phenoxy) is 1. The molecule has 0 bridgehead atoms. The molecule has 0 unspecified atom stereocenters. The summed E-state index contributed by atoms with van der Waals surface area (Å²) < 4.78 is 6.09. The molecule has 1 aliphatic rings. The Balaban J connectivity index is 1.43. The average molecular weight is 417 g/mol. The van der Waals surface area contributed by atoms with Gasteiger partial charge in [0.15, 0.2) is 5.82 Å². The monoisotopic (exact) mass is 416 g/mol. The number of hydrogen-bond donors (Lipinski definition) is 1. The fourth-order valence-electron chi connectivity index (χ4n) is 3.80. The van der Waals surface area contributed by atoms with Crippen LogP contribution in [0.4, 0.5) is 5.82 Å². The molecule has 31 heavy (non-hydrogen) atoms. The number of piperidine rings is 1. The summed E-state index contributed by atoms with van der Waals surface area (Å²) in [4.78, 5) is 23.9. The number of para-hydroxylation sites is 1. The SMILES string of the molecule is Cc1ccc(CNC(=O)[C@@H]2CCCN(c3nccnc3Oc3ccccc3C)C2)cc1. The number of rotatable bonds is 6. The lowest BCUT2D eigenvalue weighted by Gasteiger charge is -2.33. The molecular weight excluding hydrogens is 388 g/mol. The lowest BCUT2D eigenvalue weighted by molar-refractivity contribution is -0.125. The van der Waals surface area contributed by atoms with E-state index in [-0.39, 0.29) is 11.8 Å². The maximum atomic E-state index is 12.8. The third-order valence-corrected chi connectivity index (χ3v) is 5.63. The van der Waals surface area contributed by atoms with Crippen LogP contribution in [0.3, 0.4) is 0 Å². The van der Waals surface area contributed by atoms with E-state index in [2.05, 4.69) is 51.4 Å². The first-order valence-corrected chi connectivity index (χ1v) is 10.7. The Kier molecular flexibility index (Phi) is 6.46. The fourth-order valence-corrected chi connectivity index (χ4v) is 3.80. The van der Waals surface area contributed by atoms with Gasteiger partial charge < -0.3 is 15.0 Å². The number of nitrogens with zero attached hydrogens (tertiary/aromatic N) is 3. The summed E-state index contributed by atoms with van der Waals surface area (Å²) >= 11 is 0. The van der Waals surface area contributed by atoms with Crippen LogP contribution in [0.15, 0.2) is 60.9 Å². The highest BCUT2D eigenvalue weighted by molar-refractivity contribution is 5.79. The molecule has 160 valence electrons. The van der Waals surface area contributed by atoms with E-state index < -0.39 is 0 Å². The van der Waals surface area contributed by atoms with Gasteiger partial charge in [-0.3, -0.25) is 4.79 Å². The fraction of sp³-hybridized carbons (Fsp3) is 0.320. The van der Waals surface area contributed by atoms with Crippen molar-refractivity contribution in [2.24, 2.45) is 5.92 Å². The first-order chi connectivity index (χ1) is 15.1. The summed E-state index contributed by atoms with van der Waals surface area (Å²) in [7, 11) is 0. The van der Waals surface area contributed by atoms with E-state index in [4.69, 9.17) is 4.74 Å². The van der Waals surface area contributed by atoms with Crippen molar-refractivity contribution < 1.29 is 9.53 Å². The summed E-state index contributed by atoms with van der Waals surface area (Å²) in [6.45, 7) is 6.03. The smallest absolute Gasteiger partial charge is 0.263 e. The highest BCUT2D eigenvalue weighted by Crippen LogP contribution is 2.32. The van der Waals surface area contributed by atoms with Crippen LogP contribution in [0.1, 0.15) is 29.5 Å². The maximum Gasteiger partial charge on any atom is 0.263 e. The minimum atomic E-state index is -0.0903. The number of amides is 1. The minimum absolute atomic E-state index is 0.0792. The van der Waals surface area contributed by atoms with Gasteiger partial charge >= 0.3 is 0 Å². The average Bonchev–Trinajstić information content (AvgIpc) is 2.80. The molecule has 0 aliphatic carbocycles. The molecule has 3 aromatic rings. The second-order valence-electron chi connectivity index (χ2n) is 8.04. The van der Waals surface area contributed by atoms with Crippen LogP contribution >= 0.6 is 0 Å². The van der Waals surface area contributed by atoms with Crippen molar-refractivity contribution in [1.29, 1.82) is 0 Å². The van der Waals surface area contributed by atoms with Gasteiger partial charge in [0.1, 0.15) is 5.75 Å². The molecule has 0 spiro atoms. The van der Waals surface area contributed by atoms with Gasteiger partial charge in [0.25, 0.3) is 5.88 Å². The highest BCUT2D eigenvalue weighted by Gasteiger charge is 2.28. The van der Waals surface area contributed by atoms with Crippen molar-refractivity contribution in [3.05, 3.63) is 77.6 Å². The van der Waals surface area contributed by atoms with Crippen molar-refractivity contribution in [3.8, 4) is 11.6 Å². The van der Waals surface area contributed by atoms with Crippen LogP contribution < -0.4 is 15.0 Å². The summed E-state index contributed by atoms with van der Waals surface area (Å²) in [6.07, 6.45) is 5.08. The molecule has 6 nitrogen and oxygen atoms in total. The van der Waals surface area contributed by atoms with Crippen molar-refractivity contribution in [3.63, 3.8) is 0 Å².